The smallest absolute Gasteiger partial charge is 0.266 e. The van der Waals surface area contributed by atoms with Gasteiger partial charge in [-0.05, 0) is 24.3 Å². The minimum atomic E-state index is -1.20. The van der Waals surface area contributed by atoms with Gasteiger partial charge in [0.05, 0.1) is 19.3 Å². The van der Waals surface area contributed by atoms with Crippen molar-refractivity contribution in [2.24, 2.45) is 7.05 Å². The highest BCUT2D eigenvalue weighted by molar-refractivity contribution is 5.47. The lowest BCUT2D eigenvalue weighted by molar-refractivity contribution is -0.142. The molecule has 146 valence electrons. The molecule has 3 rings (SSSR count). The summed E-state index contributed by atoms with van der Waals surface area (Å²) in [4.78, 5) is 11.6. The molecule has 0 amide bonds. The Hall–Kier alpha value is -2.49. The zero-order valence-electron chi connectivity index (χ0n) is 15.3. The molecular formula is C18H22FN3O5. The summed E-state index contributed by atoms with van der Waals surface area (Å²) in [7, 11) is 4.50. The van der Waals surface area contributed by atoms with Crippen molar-refractivity contribution in [1.29, 1.82) is 0 Å². The van der Waals surface area contributed by atoms with Crippen LogP contribution >= 0.6 is 0 Å². The van der Waals surface area contributed by atoms with Gasteiger partial charge < -0.3 is 24.6 Å². The zero-order chi connectivity index (χ0) is 19.6. The number of aliphatic hydroxyl groups excluding tert-OH is 1. The second kappa shape index (κ2) is 7.63. The molecule has 2 atom stereocenters. The molecule has 2 N–H and O–H groups in total. The Morgan fingerprint density at radius 2 is 2.00 bits per heavy atom. The third-order valence-corrected chi connectivity index (χ3v) is 4.52. The van der Waals surface area contributed by atoms with Gasteiger partial charge in [0.25, 0.3) is 5.56 Å². The molecule has 27 heavy (non-hydrogen) atoms. The Labute approximate surface area is 155 Å². The van der Waals surface area contributed by atoms with E-state index < -0.39 is 23.6 Å². The van der Waals surface area contributed by atoms with Crippen molar-refractivity contribution < 1.29 is 23.7 Å². The number of benzene rings is 1. The lowest BCUT2D eigenvalue weighted by Crippen LogP contribution is -2.60. The number of aliphatic hydroxyl groups is 1. The molecule has 1 aromatic heterocycles. The predicted molar refractivity (Wildman–Crippen MR) is 95.4 cm³/mol. The molecule has 0 saturated carbocycles. The van der Waals surface area contributed by atoms with Crippen LogP contribution in [0.5, 0.6) is 5.75 Å². The third-order valence-electron chi connectivity index (χ3n) is 4.52. The molecule has 9 heteroatoms. The second-order valence-corrected chi connectivity index (χ2v) is 6.46. The van der Waals surface area contributed by atoms with E-state index in [0.29, 0.717) is 17.1 Å². The molecule has 2 unspecified atom stereocenters. The Morgan fingerprint density at radius 3 is 2.63 bits per heavy atom. The maximum absolute atomic E-state index is 13.9. The highest BCUT2D eigenvalue weighted by atomic mass is 19.1. The van der Waals surface area contributed by atoms with Crippen LogP contribution in [0.4, 0.5) is 10.2 Å². The summed E-state index contributed by atoms with van der Waals surface area (Å²) in [5.41, 5.74) is -1.04. The lowest BCUT2D eigenvalue weighted by atomic mass is 9.84. The van der Waals surface area contributed by atoms with Crippen molar-refractivity contribution in [3.05, 3.63) is 52.1 Å². The molecule has 2 heterocycles. The molecule has 1 aromatic carbocycles. The first-order valence-electron chi connectivity index (χ1n) is 8.35. The molecule has 0 spiro atoms. The number of methoxy groups -OCH3 is 2. The van der Waals surface area contributed by atoms with Crippen LogP contribution in [0.15, 0.2) is 35.1 Å². The summed E-state index contributed by atoms with van der Waals surface area (Å²) in [6.07, 6.45) is -1.15. The van der Waals surface area contributed by atoms with E-state index in [1.807, 2.05) is 0 Å². The third kappa shape index (κ3) is 3.66. The molecule has 1 aliphatic heterocycles. The summed E-state index contributed by atoms with van der Waals surface area (Å²) >= 11 is 0. The number of nitrogens with zero attached hydrogens (tertiary/aromatic N) is 2. The monoisotopic (exact) mass is 379 g/mol. The molecule has 0 fully saturated rings. The molecular weight excluding hydrogens is 357 g/mol. The van der Waals surface area contributed by atoms with Crippen molar-refractivity contribution in [2.45, 2.75) is 17.7 Å². The summed E-state index contributed by atoms with van der Waals surface area (Å²) in [5, 5.41) is 18.3. The summed E-state index contributed by atoms with van der Waals surface area (Å²) in [6.45, 7) is 0.107. The van der Waals surface area contributed by atoms with Gasteiger partial charge in [0, 0.05) is 32.9 Å². The Kier molecular flexibility index (Phi) is 5.45. The second-order valence-electron chi connectivity index (χ2n) is 6.46. The maximum atomic E-state index is 13.9. The van der Waals surface area contributed by atoms with Crippen molar-refractivity contribution >= 4 is 5.82 Å². The fourth-order valence-electron chi connectivity index (χ4n) is 3.26. The molecule has 0 radical (unpaired) electrons. The van der Waals surface area contributed by atoms with Gasteiger partial charge in [-0.3, -0.25) is 4.79 Å². The van der Waals surface area contributed by atoms with Crippen LogP contribution in [0.1, 0.15) is 11.6 Å². The minimum absolute atomic E-state index is 0.0533. The van der Waals surface area contributed by atoms with E-state index in [1.165, 1.54) is 51.6 Å². The van der Waals surface area contributed by atoms with E-state index in [-0.39, 0.29) is 18.8 Å². The van der Waals surface area contributed by atoms with E-state index in [9.17, 15) is 14.3 Å². The number of ether oxygens (including phenoxy) is 3. The fourth-order valence-corrected chi connectivity index (χ4v) is 3.26. The van der Waals surface area contributed by atoms with Gasteiger partial charge >= 0.3 is 0 Å². The standard InChI is InChI=1S/C18H22FN3O5/c1-22-15(23)7-6-14(21-22)20-16-12-8-11(19)4-5-13(12)27-18(9-25-2,10-26-3)17(16)24/h4-8,16-17,24H,9-10H2,1-3H3,(H,20,21). The molecule has 0 bridgehead atoms. The van der Waals surface area contributed by atoms with E-state index in [4.69, 9.17) is 14.2 Å². The highest BCUT2D eigenvalue weighted by Crippen LogP contribution is 2.42. The first kappa shape index (κ1) is 19.3. The van der Waals surface area contributed by atoms with Crippen LogP contribution in [0.2, 0.25) is 0 Å². The van der Waals surface area contributed by atoms with Crippen molar-refractivity contribution in [2.75, 3.05) is 32.8 Å². The van der Waals surface area contributed by atoms with Crippen molar-refractivity contribution in [1.82, 2.24) is 9.78 Å². The average Bonchev–Trinajstić information content (AvgIpc) is 2.63. The predicted octanol–water partition coefficient (Wildman–Crippen LogP) is 0.857. The van der Waals surface area contributed by atoms with Gasteiger partial charge in [-0.15, -0.1) is 0 Å². The van der Waals surface area contributed by atoms with Gasteiger partial charge in [-0.25, -0.2) is 9.07 Å². The first-order valence-corrected chi connectivity index (χ1v) is 8.35. The van der Waals surface area contributed by atoms with E-state index in [2.05, 4.69) is 10.4 Å². The first-order chi connectivity index (χ1) is 12.9. The van der Waals surface area contributed by atoms with Crippen LogP contribution in [-0.2, 0) is 16.5 Å². The normalized spacial score (nSPS) is 20.6. The zero-order valence-corrected chi connectivity index (χ0v) is 15.3. The lowest BCUT2D eigenvalue weighted by Gasteiger charge is -2.45. The summed E-state index contributed by atoms with van der Waals surface area (Å²) < 4.78 is 31.5. The number of hydrogen-bond donors (Lipinski definition) is 2. The molecule has 0 aliphatic carbocycles. The molecule has 1 aliphatic rings. The van der Waals surface area contributed by atoms with Crippen LogP contribution in [-0.4, -0.2) is 54.0 Å². The Morgan fingerprint density at radius 1 is 1.30 bits per heavy atom. The van der Waals surface area contributed by atoms with Crippen LogP contribution in [0.3, 0.4) is 0 Å². The average molecular weight is 379 g/mol. The van der Waals surface area contributed by atoms with Crippen molar-refractivity contribution in [3.63, 3.8) is 0 Å². The summed E-state index contributed by atoms with van der Waals surface area (Å²) in [6, 6.07) is 6.16. The number of fused-ring (bicyclic) bond motifs is 1. The number of aromatic nitrogens is 2. The fraction of sp³-hybridized carbons (Fsp3) is 0.444. The van der Waals surface area contributed by atoms with E-state index in [1.54, 1.807) is 0 Å². The van der Waals surface area contributed by atoms with Gasteiger partial charge in [0.2, 0.25) is 0 Å². The Balaban J connectivity index is 2.06. The van der Waals surface area contributed by atoms with Gasteiger partial charge in [-0.1, -0.05) is 0 Å². The topological polar surface area (TPSA) is 94.8 Å². The van der Waals surface area contributed by atoms with E-state index >= 15 is 0 Å². The molecule has 0 saturated heterocycles. The van der Waals surface area contributed by atoms with Gasteiger partial charge in [-0.2, -0.15) is 5.10 Å². The maximum Gasteiger partial charge on any atom is 0.266 e. The quantitative estimate of drug-likeness (QED) is 0.769. The highest BCUT2D eigenvalue weighted by Gasteiger charge is 2.50. The Bertz CT molecular complexity index is 866. The largest absolute Gasteiger partial charge is 0.479 e. The number of aryl methyl sites for hydroxylation is 1. The number of halogens is 1. The minimum Gasteiger partial charge on any atom is -0.479 e. The van der Waals surface area contributed by atoms with E-state index in [0.717, 1.165) is 4.68 Å². The number of nitrogens with one attached hydrogen (secondary N) is 1. The van der Waals surface area contributed by atoms with Crippen LogP contribution < -0.4 is 15.6 Å². The summed E-state index contributed by atoms with van der Waals surface area (Å²) in [5.74, 6) is 0.288. The number of rotatable bonds is 6. The van der Waals surface area contributed by atoms with Crippen molar-refractivity contribution in [3.8, 4) is 5.75 Å². The van der Waals surface area contributed by atoms with Gasteiger partial charge in [0.15, 0.2) is 5.60 Å². The SMILES string of the molecule is COCC1(COC)Oc2ccc(F)cc2C(Nc2ccc(=O)n(C)n2)C1O. The van der Waals surface area contributed by atoms with Crippen LogP contribution in [0, 0.1) is 5.82 Å². The molecule has 8 nitrogen and oxygen atoms in total. The number of anilines is 1. The van der Waals surface area contributed by atoms with Gasteiger partial charge in [0.1, 0.15) is 23.5 Å². The molecule has 2 aromatic rings. The number of hydrogen-bond acceptors (Lipinski definition) is 7. The van der Waals surface area contributed by atoms with Crippen LogP contribution in [0.25, 0.3) is 0 Å².